The maximum atomic E-state index is 12.6. The first-order valence-electron chi connectivity index (χ1n) is 8.19. The minimum absolute atomic E-state index is 0.148. The van der Waals surface area contributed by atoms with E-state index in [0.29, 0.717) is 5.56 Å². The normalized spacial score (nSPS) is 12.1. The molecule has 0 spiro atoms. The highest BCUT2D eigenvalue weighted by Crippen LogP contribution is 2.15. The van der Waals surface area contributed by atoms with Gasteiger partial charge in [0.25, 0.3) is 0 Å². The molecule has 2 aromatic carbocycles. The fourth-order valence-corrected chi connectivity index (χ4v) is 2.27. The number of hydrogen-bond acceptors (Lipinski definition) is 3. The summed E-state index contributed by atoms with van der Waals surface area (Å²) >= 11 is 0. The van der Waals surface area contributed by atoms with Crippen molar-refractivity contribution in [3.8, 4) is 0 Å². The molecule has 0 aliphatic rings. The van der Waals surface area contributed by atoms with Gasteiger partial charge >= 0.3 is 6.09 Å². The third-order valence-corrected chi connectivity index (χ3v) is 3.37. The Bertz CT molecular complexity index is 694. The Kier molecular flexibility index (Phi) is 6.17. The zero-order valence-corrected chi connectivity index (χ0v) is 14.8. The van der Waals surface area contributed by atoms with Crippen molar-refractivity contribution in [2.75, 3.05) is 0 Å². The highest BCUT2D eigenvalue weighted by Gasteiger charge is 2.26. The lowest BCUT2D eigenvalue weighted by Gasteiger charge is -2.25. The lowest BCUT2D eigenvalue weighted by molar-refractivity contribution is -0.124. The van der Waals surface area contributed by atoms with Gasteiger partial charge in [-0.15, -0.1) is 0 Å². The predicted molar refractivity (Wildman–Crippen MR) is 96.8 cm³/mol. The summed E-state index contributed by atoms with van der Waals surface area (Å²) < 4.78 is 5.23. The molecule has 0 fully saturated rings. The molecule has 0 saturated heterocycles. The van der Waals surface area contributed by atoms with Crippen LogP contribution >= 0.6 is 0 Å². The summed E-state index contributed by atoms with van der Waals surface area (Å²) in [5, 5.41) is 5.54. The molecule has 0 bridgehead atoms. The summed E-state index contributed by atoms with van der Waals surface area (Å²) in [5.74, 6) is -0.282. The third kappa shape index (κ3) is 6.30. The summed E-state index contributed by atoms with van der Waals surface area (Å²) in [7, 11) is 0. The maximum absolute atomic E-state index is 12.6. The first-order valence-corrected chi connectivity index (χ1v) is 8.19. The Morgan fingerprint density at radius 1 is 0.960 bits per heavy atom. The molecule has 0 heterocycles. The van der Waals surface area contributed by atoms with Crippen molar-refractivity contribution < 1.29 is 14.3 Å². The van der Waals surface area contributed by atoms with Crippen LogP contribution < -0.4 is 10.6 Å². The van der Waals surface area contributed by atoms with E-state index in [1.54, 1.807) is 12.1 Å². The molecule has 132 valence electrons. The van der Waals surface area contributed by atoms with Crippen molar-refractivity contribution in [1.29, 1.82) is 0 Å². The Balaban J connectivity index is 2.05. The molecular weight excluding hydrogens is 316 g/mol. The number of hydrogen-bond donors (Lipinski definition) is 2. The average Bonchev–Trinajstić information content (AvgIpc) is 2.58. The maximum Gasteiger partial charge on any atom is 0.408 e. The zero-order chi connectivity index (χ0) is 18.3. The number of nitrogens with one attached hydrogen (secondary N) is 2. The van der Waals surface area contributed by atoms with Gasteiger partial charge in [0.15, 0.2) is 0 Å². The molecule has 2 rings (SSSR count). The molecule has 0 aromatic heterocycles. The van der Waals surface area contributed by atoms with Gasteiger partial charge in [-0.2, -0.15) is 0 Å². The fourth-order valence-electron chi connectivity index (χ4n) is 2.27. The zero-order valence-electron chi connectivity index (χ0n) is 14.8. The van der Waals surface area contributed by atoms with E-state index in [2.05, 4.69) is 10.6 Å². The molecule has 1 unspecified atom stereocenters. The largest absolute Gasteiger partial charge is 0.445 e. The van der Waals surface area contributed by atoms with E-state index in [4.69, 9.17) is 4.74 Å². The van der Waals surface area contributed by atoms with Gasteiger partial charge in [0.05, 0.1) is 0 Å². The van der Waals surface area contributed by atoms with Crippen LogP contribution in [0.1, 0.15) is 37.9 Å². The summed E-state index contributed by atoms with van der Waals surface area (Å²) in [5.41, 5.74) is 1.17. The molecule has 5 nitrogen and oxygen atoms in total. The minimum atomic E-state index is -0.816. The quantitative estimate of drug-likeness (QED) is 0.874. The number of ether oxygens (including phenoxy) is 1. The lowest BCUT2D eigenvalue weighted by atomic mass is 10.0. The molecular formula is C20H24N2O3. The summed E-state index contributed by atoms with van der Waals surface area (Å²) in [6.07, 6.45) is -0.637. The fraction of sp³-hybridized carbons (Fsp3) is 0.300. The highest BCUT2D eigenvalue weighted by molar-refractivity contribution is 5.87. The van der Waals surface area contributed by atoms with Crippen LogP contribution in [-0.2, 0) is 16.1 Å². The van der Waals surface area contributed by atoms with Crippen molar-refractivity contribution in [2.24, 2.45) is 0 Å². The van der Waals surface area contributed by atoms with E-state index in [9.17, 15) is 9.59 Å². The second kappa shape index (κ2) is 8.33. The Hall–Kier alpha value is -2.82. The number of alkyl carbamates (subject to hydrolysis) is 1. The van der Waals surface area contributed by atoms with Crippen molar-refractivity contribution in [1.82, 2.24) is 10.6 Å². The molecule has 0 aliphatic heterocycles. The highest BCUT2D eigenvalue weighted by atomic mass is 16.5. The lowest BCUT2D eigenvalue weighted by Crippen LogP contribution is -2.47. The number of amides is 2. The molecule has 1 atom stereocenters. The van der Waals surface area contributed by atoms with E-state index in [-0.39, 0.29) is 12.5 Å². The smallest absolute Gasteiger partial charge is 0.408 e. The van der Waals surface area contributed by atoms with E-state index in [1.807, 2.05) is 69.3 Å². The predicted octanol–water partition coefficient (Wildman–Crippen LogP) is 3.57. The summed E-state index contributed by atoms with van der Waals surface area (Å²) in [6, 6.07) is 17.7. The van der Waals surface area contributed by atoms with Crippen molar-refractivity contribution in [3.63, 3.8) is 0 Å². The Labute approximate surface area is 148 Å². The summed E-state index contributed by atoms with van der Waals surface area (Å²) in [6.45, 7) is 5.82. The molecule has 2 aromatic rings. The number of benzene rings is 2. The SMILES string of the molecule is CC(C)(C)NC(=O)C(NC(=O)OCc1ccccc1)c1ccccc1. The van der Waals surface area contributed by atoms with Crippen LogP contribution in [0.3, 0.4) is 0 Å². The van der Waals surface area contributed by atoms with Crippen LogP contribution in [0, 0.1) is 0 Å². The molecule has 0 aliphatic carbocycles. The number of rotatable bonds is 5. The van der Waals surface area contributed by atoms with Crippen LogP contribution in [0.25, 0.3) is 0 Å². The Morgan fingerprint density at radius 3 is 2.08 bits per heavy atom. The van der Waals surface area contributed by atoms with Crippen LogP contribution in [0.2, 0.25) is 0 Å². The van der Waals surface area contributed by atoms with Gasteiger partial charge in [-0.25, -0.2) is 4.79 Å². The average molecular weight is 340 g/mol. The van der Waals surface area contributed by atoms with E-state index in [0.717, 1.165) is 5.56 Å². The second-order valence-electron chi connectivity index (χ2n) is 6.79. The molecule has 0 saturated carbocycles. The van der Waals surface area contributed by atoms with Gasteiger partial charge in [0.2, 0.25) is 5.91 Å². The molecule has 5 heteroatoms. The van der Waals surface area contributed by atoms with E-state index >= 15 is 0 Å². The first-order chi connectivity index (χ1) is 11.8. The van der Waals surface area contributed by atoms with Crippen LogP contribution in [0.5, 0.6) is 0 Å². The van der Waals surface area contributed by atoms with Gasteiger partial charge in [0.1, 0.15) is 12.6 Å². The molecule has 0 radical (unpaired) electrons. The molecule has 2 amide bonds. The standard InChI is InChI=1S/C20H24N2O3/c1-20(2,3)22-18(23)17(16-12-8-5-9-13-16)21-19(24)25-14-15-10-6-4-7-11-15/h4-13,17H,14H2,1-3H3,(H,21,24)(H,22,23). The van der Waals surface area contributed by atoms with Gasteiger partial charge in [-0.3, -0.25) is 4.79 Å². The van der Waals surface area contributed by atoms with E-state index in [1.165, 1.54) is 0 Å². The van der Waals surface area contributed by atoms with Gasteiger partial charge in [-0.1, -0.05) is 60.7 Å². The second-order valence-corrected chi connectivity index (χ2v) is 6.79. The van der Waals surface area contributed by atoms with Crippen molar-refractivity contribution >= 4 is 12.0 Å². The van der Waals surface area contributed by atoms with Crippen molar-refractivity contribution in [3.05, 3.63) is 71.8 Å². The minimum Gasteiger partial charge on any atom is -0.445 e. The monoisotopic (exact) mass is 340 g/mol. The molecule has 2 N–H and O–H groups in total. The third-order valence-electron chi connectivity index (χ3n) is 3.37. The summed E-state index contributed by atoms with van der Waals surface area (Å²) in [4.78, 5) is 24.7. The Morgan fingerprint density at radius 2 is 1.52 bits per heavy atom. The number of carbonyl (C=O) groups is 2. The first kappa shape index (κ1) is 18.5. The molecule has 25 heavy (non-hydrogen) atoms. The van der Waals surface area contributed by atoms with Crippen LogP contribution in [0.15, 0.2) is 60.7 Å². The van der Waals surface area contributed by atoms with Crippen molar-refractivity contribution in [2.45, 2.75) is 39.0 Å². The van der Waals surface area contributed by atoms with Gasteiger partial charge in [0, 0.05) is 5.54 Å². The van der Waals surface area contributed by atoms with E-state index < -0.39 is 17.7 Å². The van der Waals surface area contributed by atoms with Crippen LogP contribution in [0.4, 0.5) is 4.79 Å². The van der Waals surface area contributed by atoms with Crippen LogP contribution in [-0.4, -0.2) is 17.5 Å². The van der Waals surface area contributed by atoms with Gasteiger partial charge in [-0.05, 0) is 31.9 Å². The van der Waals surface area contributed by atoms with Gasteiger partial charge < -0.3 is 15.4 Å². The topological polar surface area (TPSA) is 67.4 Å². The number of carbonyl (C=O) groups excluding carboxylic acids is 2.